The van der Waals surface area contributed by atoms with Crippen LogP contribution in [0.5, 0.6) is 5.75 Å². The number of phenolic OH excluding ortho intramolecular Hbond substituents is 1. The van der Waals surface area contributed by atoms with E-state index in [9.17, 15) is 53.4 Å². The number of rotatable bonds is 32. The van der Waals surface area contributed by atoms with Crippen molar-refractivity contribution < 1.29 is 53.4 Å². The van der Waals surface area contributed by atoms with Gasteiger partial charge in [-0.2, -0.15) is 0 Å². The number of unbranched alkanes of at least 4 members (excludes halogenated alkanes) is 1. The first kappa shape index (κ1) is 60.0. The normalized spacial score (nSPS) is 13.9. The zero-order valence-corrected chi connectivity index (χ0v) is 42.7. The maximum atomic E-state index is 14.6. The number of amides is 8. The van der Waals surface area contributed by atoms with Gasteiger partial charge in [0, 0.05) is 61.7 Å². The molecule has 19 N–H and O–H groups in total. The predicted octanol–water partition coefficient (Wildman–Crippen LogP) is -1.77. The summed E-state index contributed by atoms with van der Waals surface area (Å²) < 4.78 is 0. The molecule has 0 unspecified atom stereocenters. The van der Waals surface area contributed by atoms with Crippen molar-refractivity contribution in [2.24, 2.45) is 33.8 Å². The number of aromatic hydroxyl groups is 1. The number of carboxylic acid groups (broad SMARTS) is 1. The van der Waals surface area contributed by atoms with Crippen molar-refractivity contribution in [1.29, 1.82) is 0 Å². The van der Waals surface area contributed by atoms with Crippen LogP contribution in [0.3, 0.4) is 0 Å². The fraction of sp³-hybridized carbons (Fsp3) is 0.460. The van der Waals surface area contributed by atoms with Crippen LogP contribution in [0.25, 0.3) is 10.9 Å². The molecule has 26 heteroatoms. The number of carbonyl (C=O) groups excluding carboxylic acids is 8. The average molecular weight is 1060 g/mol. The minimum Gasteiger partial charge on any atom is -0.508 e. The Morgan fingerprint density at radius 2 is 1.20 bits per heavy atom. The summed E-state index contributed by atoms with van der Waals surface area (Å²) in [5, 5.41) is 38.6. The van der Waals surface area contributed by atoms with Crippen LogP contribution < -0.4 is 60.2 Å². The third kappa shape index (κ3) is 20.0. The van der Waals surface area contributed by atoms with Gasteiger partial charge in [0.25, 0.3) is 0 Å². The molecule has 0 aliphatic heterocycles. The molecule has 4 rings (SSSR count). The van der Waals surface area contributed by atoms with Gasteiger partial charge in [-0.1, -0.05) is 44.2 Å². The molecule has 2 aromatic heterocycles. The van der Waals surface area contributed by atoms with Crippen LogP contribution in [0.2, 0.25) is 0 Å². The summed E-state index contributed by atoms with van der Waals surface area (Å²) in [4.78, 5) is 135. The maximum absolute atomic E-state index is 14.6. The lowest BCUT2D eigenvalue weighted by Crippen LogP contribution is -2.60. The molecule has 8 amide bonds. The summed E-state index contributed by atoms with van der Waals surface area (Å²) in [6, 6.07) is 3.49. The van der Waals surface area contributed by atoms with Gasteiger partial charge in [-0.25, -0.2) is 4.98 Å². The van der Waals surface area contributed by atoms with Gasteiger partial charge in [0.15, 0.2) is 5.96 Å². The molecule has 2 heterocycles. The first-order chi connectivity index (χ1) is 36.1. The van der Waals surface area contributed by atoms with E-state index >= 15 is 0 Å². The standard InChI is InChI=1S/C50H71N15O11/c1-27(2)19-38(46(73)65-40(21-30-24-57-34-10-5-4-9-33(30)34)48(75)62-37(43(52)70)22-31-25-55-26-58-31)63-47(74)39(20-29-13-15-32(67)16-14-29)64-45(72)35(11-6-7-17-51)60-44(71)36(12-8-18-56-50(53)54)61-49(76)41(23-42(68)69)59-28(3)66/h4-5,9-10,13-16,24-27,35-41,57,67H,6-8,11-12,17-23,51H2,1-3H3,(H2,52,70)(H,55,58)(H,59,66)(H,60,71)(H,61,76)(H,62,75)(H,63,74)(H,64,72)(H,65,73)(H,68,69)(H4,53,54,56)/t35-,36-,37-,38-,39-,40-,41-/m0/s1. The van der Waals surface area contributed by atoms with E-state index in [4.69, 9.17) is 22.9 Å². The van der Waals surface area contributed by atoms with Crippen LogP contribution in [0.1, 0.15) is 82.5 Å². The second kappa shape index (κ2) is 30.0. The van der Waals surface area contributed by atoms with E-state index in [0.717, 1.165) is 17.8 Å². The molecule has 412 valence electrons. The van der Waals surface area contributed by atoms with Crippen LogP contribution in [-0.4, -0.2) is 140 Å². The van der Waals surface area contributed by atoms with Gasteiger partial charge in [0.05, 0.1) is 12.7 Å². The quantitative estimate of drug-likeness (QED) is 0.0146. The SMILES string of the molecule is CC(=O)N[C@@H](CC(=O)O)C(=O)N[C@@H](CCCN=C(N)N)C(=O)N[C@@H](CCCCN)C(=O)N[C@@H](Cc1ccc(O)cc1)C(=O)N[C@@H](CC(C)C)C(=O)N[C@@H](Cc1c[nH]c2ccccc12)C(=O)N[C@@H](Cc1cnc[nH]1)C(N)=O. The first-order valence-corrected chi connectivity index (χ1v) is 24.8. The van der Waals surface area contributed by atoms with Gasteiger partial charge < -0.3 is 80.3 Å². The number of nitrogens with two attached hydrogens (primary N) is 4. The lowest BCUT2D eigenvalue weighted by Gasteiger charge is -2.28. The number of primary amides is 1. The summed E-state index contributed by atoms with van der Waals surface area (Å²) >= 11 is 0. The number of phenols is 1. The summed E-state index contributed by atoms with van der Waals surface area (Å²) in [6.07, 6.45) is 4.25. The van der Waals surface area contributed by atoms with E-state index < -0.39 is 102 Å². The summed E-state index contributed by atoms with van der Waals surface area (Å²) in [7, 11) is 0. The fourth-order valence-electron chi connectivity index (χ4n) is 8.15. The number of aromatic nitrogens is 3. The number of hydrogen-bond acceptors (Lipinski definition) is 13. The van der Waals surface area contributed by atoms with E-state index in [2.05, 4.69) is 57.2 Å². The molecule has 0 aliphatic rings. The van der Waals surface area contributed by atoms with Crippen molar-refractivity contribution in [1.82, 2.24) is 52.2 Å². The largest absolute Gasteiger partial charge is 0.508 e. The molecular weight excluding hydrogens is 987 g/mol. The third-order valence-electron chi connectivity index (χ3n) is 12.0. The molecular formula is C50H71N15O11. The minimum absolute atomic E-state index is 0.0126. The lowest BCUT2D eigenvalue weighted by molar-refractivity contribution is -0.141. The second-order valence-electron chi connectivity index (χ2n) is 18.7. The molecule has 26 nitrogen and oxygen atoms in total. The molecule has 0 aliphatic carbocycles. The number of H-pyrrole nitrogens is 2. The molecule has 0 saturated carbocycles. The summed E-state index contributed by atoms with van der Waals surface area (Å²) in [6.45, 7) is 4.95. The van der Waals surface area contributed by atoms with Gasteiger partial charge in [-0.05, 0) is 80.3 Å². The zero-order chi connectivity index (χ0) is 55.9. The number of nitrogens with zero attached hydrogens (tertiary/aromatic N) is 2. The third-order valence-corrected chi connectivity index (χ3v) is 12.0. The number of nitrogens with one attached hydrogen (secondary N) is 9. The van der Waals surface area contributed by atoms with Crippen LogP contribution in [0, 0.1) is 5.92 Å². The van der Waals surface area contributed by atoms with E-state index in [0.29, 0.717) is 29.7 Å². The number of benzene rings is 2. The fourth-order valence-corrected chi connectivity index (χ4v) is 8.15. The van der Waals surface area contributed by atoms with Crippen molar-refractivity contribution in [3.63, 3.8) is 0 Å². The highest BCUT2D eigenvalue weighted by molar-refractivity contribution is 5.98. The summed E-state index contributed by atoms with van der Waals surface area (Å²) in [5.41, 5.74) is 24.8. The first-order valence-electron chi connectivity index (χ1n) is 24.8. The highest BCUT2D eigenvalue weighted by Crippen LogP contribution is 2.20. The number of fused-ring (bicyclic) bond motifs is 1. The van der Waals surface area contributed by atoms with Gasteiger partial charge in [-0.3, -0.25) is 48.1 Å². The van der Waals surface area contributed by atoms with E-state index in [1.54, 1.807) is 6.20 Å². The highest BCUT2D eigenvalue weighted by Gasteiger charge is 2.35. The number of guanidine groups is 1. The van der Waals surface area contributed by atoms with Crippen molar-refractivity contribution in [2.75, 3.05) is 13.1 Å². The minimum atomic E-state index is -1.57. The van der Waals surface area contributed by atoms with Crippen LogP contribution in [0.15, 0.2) is 72.2 Å². The highest BCUT2D eigenvalue weighted by atomic mass is 16.4. The van der Waals surface area contributed by atoms with Crippen molar-refractivity contribution in [3.05, 3.63) is 84.1 Å². The van der Waals surface area contributed by atoms with Crippen LogP contribution in [-0.2, 0) is 62.4 Å². The maximum Gasteiger partial charge on any atom is 0.305 e. The van der Waals surface area contributed by atoms with Gasteiger partial charge in [0.1, 0.15) is 48.0 Å². The topological polar surface area (TPSA) is 439 Å². The Labute approximate surface area is 438 Å². The Kier molecular flexibility index (Phi) is 23.7. The Morgan fingerprint density at radius 3 is 1.76 bits per heavy atom. The number of para-hydroxylation sites is 1. The smallest absolute Gasteiger partial charge is 0.305 e. The summed E-state index contributed by atoms with van der Waals surface area (Å²) in [5.74, 6) is -8.59. The molecule has 0 fully saturated rings. The lowest BCUT2D eigenvalue weighted by atomic mass is 9.99. The monoisotopic (exact) mass is 1060 g/mol. The Hall–Kier alpha value is -8.55. The van der Waals surface area contributed by atoms with Gasteiger partial charge >= 0.3 is 5.97 Å². The Morgan fingerprint density at radius 1 is 0.645 bits per heavy atom. The van der Waals surface area contributed by atoms with Crippen LogP contribution >= 0.6 is 0 Å². The Balaban J connectivity index is 1.65. The number of carboxylic acids is 1. The second-order valence-corrected chi connectivity index (χ2v) is 18.7. The zero-order valence-electron chi connectivity index (χ0n) is 42.7. The van der Waals surface area contributed by atoms with Gasteiger partial charge in [-0.15, -0.1) is 0 Å². The van der Waals surface area contributed by atoms with E-state index in [1.807, 2.05) is 38.1 Å². The number of aliphatic carboxylic acids is 1. The molecule has 4 aromatic rings. The molecule has 2 aromatic carbocycles. The van der Waals surface area contributed by atoms with Crippen LogP contribution in [0.4, 0.5) is 0 Å². The molecule has 76 heavy (non-hydrogen) atoms. The van der Waals surface area contributed by atoms with E-state index in [-0.39, 0.29) is 75.7 Å². The molecule has 0 saturated heterocycles. The molecule has 0 radical (unpaired) electrons. The number of carbonyl (C=O) groups is 9. The number of aromatic amines is 2. The van der Waals surface area contributed by atoms with E-state index in [1.165, 1.54) is 36.8 Å². The Bertz CT molecular complexity index is 2620. The van der Waals surface area contributed by atoms with Crippen molar-refractivity contribution >= 4 is 70.1 Å². The molecule has 0 bridgehead atoms. The average Bonchev–Trinajstić information content (AvgIpc) is 4.03. The van der Waals surface area contributed by atoms with Gasteiger partial charge in [0.2, 0.25) is 47.3 Å². The van der Waals surface area contributed by atoms with Crippen molar-refractivity contribution in [3.8, 4) is 5.75 Å². The van der Waals surface area contributed by atoms with Crippen molar-refractivity contribution in [2.45, 2.75) is 127 Å². The molecule has 0 spiro atoms. The predicted molar refractivity (Wildman–Crippen MR) is 279 cm³/mol. The number of aliphatic imine (C=N–C) groups is 1. The molecule has 7 atom stereocenters. The number of hydrogen-bond donors (Lipinski definition) is 15. The number of imidazole rings is 1.